The number of fused-ring (bicyclic) bond motifs is 4. The summed E-state index contributed by atoms with van der Waals surface area (Å²) in [6.45, 7) is 9.91. The second-order valence-corrected chi connectivity index (χ2v) is 33.8. The minimum atomic E-state index is -2.54. The Hall–Kier alpha value is 0.548. The highest BCUT2D eigenvalue weighted by Gasteiger charge is 2.57. The van der Waals surface area contributed by atoms with Gasteiger partial charge in [-0.3, -0.25) is 0 Å². The second-order valence-electron chi connectivity index (χ2n) is 18.9. The number of epoxide rings is 4. The van der Waals surface area contributed by atoms with Crippen LogP contribution in [0.5, 0.6) is 0 Å². The normalized spacial score (nSPS) is 55.2. The summed E-state index contributed by atoms with van der Waals surface area (Å²) in [5.74, 6) is 3.03. The van der Waals surface area contributed by atoms with Crippen LogP contribution in [0.3, 0.4) is 0 Å². The SMILES string of the molecule is C[Si]1(CCC2CCC3OC3C2)N[Si](C)(CCC2CCC3OC3C2)O[Si](C)(CCC2CCC3OC3C2)O[Si](C)(CCC2CCC3OC3C2)O1. The predicted octanol–water partition coefficient (Wildman–Crippen LogP) is 7.76. The highest BCUT2D eigenvalue weighted by Crippen LogP contribution is 2.47. The molecule has 0 aromatic carbocycles. The maximum Gasteiger partial charge on any atom is 0.316 e. The largest absolute Gasteiger partial charge is 0.424 e. The molecule has 0 radical (unpaired) electrons. The van der Waals surface area contributed by atoms with Crippen molar-refractivity contribution in [3.8, 4) is 0 Å². The molecule has 16 unspecified atom stereocenters. The molecule has 9 rings (SSSR count). The molecule has 0 amide bonds. The van der Waals surface area contributed by atoms with Gasteiger partial charge in [0.25, 0.3) is 17.0 Å². The third kappa shape index (κ3) is 8.20. The lowest BCUT2D eigenvalue weighted by molar-refractivity contribution is 0.274. The highest BCUT2D eigenvalue weighted by molar-refractivity contribution is 6.97. The number of rotatable bonds is 12. The zero-order valence-electron chi connectivity index (χ0n) is 30.4. The fraction of sp³-hybridized carbons (Fsp3) is 1.00. The molecule has 4 saturated carbocycles. The van der Waals surface area contributed by atoms with E-state index < -0.39 is 34.1 Å². The molecule has 8 nitrogen and oxygen atoms in total. The molecule has 1 N–H and O–H groups in total. The number of hydrogen-bond acceptors (Lipinski definition) is 8. The lowest BCUT2D eigenvalue weighted by Crippen LogP contribution is -2.74. The summed E-state index contributed by atoms with van der Waals surface area (Å²) in [6.07, 6.45) is 24.6. The average molecular weight is 736 g/mol. The topological polar surface area (TPSA) is 89.8 Å². The summed E-state index contributed by atoms with van der Waals surface area (Å²) in [4.78, 5) is 0. The van der Waals surface area contributed by atoms with Crippen molar-refractivity contribution in [2.75, 3.05) is 0 Å². The lowest BCUT2D eigenvalue weighted by atomic mass is 9.88. The van der Waals surface area contributed by atoms with Gasteiger partial charge in [-0.2, -0.15) is 0 Å². The van der Waals surface area contributed by atoms with Gasteiger partial charge in [0.15, 0.2) is 0 Å². The maximum absolute atomic E-state index is 7.78. The van der Waals surface area contributed by atoms with E-state index in [0.717, 1.165) is 47.8 Å². The molecular weight excluding hydrogens is 671 g/mol. The molecule has 4 aliphatic carbocycles. The van der Waals surface area contributed by atoms with Gasteiger partial charge in [-0.25, -0.2) is 0 Å². The van der Waals surface area contributed by atoms with Crippen molar-refractivity contribution in [1.82, 2.24) is 4.65 Å². The summed E-state index contributed by atoms with van der Waals surface area (Å²) in [7, 11) is -9.77. The third-order valence-electron chi connectivity index (χ3n) is 14.4. The summed E-state index contributed by atoms with van der Waals surface area (Å²) >= 11 is 0. The van der Waals surface area contributed by atoms with E-state index in [1.165, 1.54) is 103 Å². The molecule has 16 atom stereocenters. The quantitative estimate of drug-likeness (QED) is 0.161. The van der Waals surface area contributed by atoms with E-state index in [4.69, 9.17) is 31.3 Å². The Morgan fingerprint density at radius 1 is 0.396 bits per heavy atom. The Bertz CT molecular complexity index is 999. The molecule has 5 aliphatic heterocycles. The molecule has 0 spiro atoms. The Kier molecular flexibility index (Phi) is 9.40. The molecule has 0 bridgehead atoms. The first-order valence-electron chi connectivity index (χ1n) is 20.5. The van der Waals surface area contributed by atoms with Crippen LogP contribution in [0.15, 0.2) is 0 Å². The van der Waals surface area contributed by atoms with Crippen molar-refractivity contribution in [3.63, 3.8) is 0 Å². The minimum absolute atomic E-state index is 0.533. The average Bonchev–Trinajstić information content (AvgIpc) is 3.85. The van der Waals surface area contributed by atoms with E-state index >= 15 is 0 Å². The van der Waals surface area contributed by atoms with E-state index in [-0.39, 0.29) is 0 Å². The van der Waals surface area contributed by atoms with E-state index in [1.807, 2.05) is 0 Å². The molecule has 5 saturated heterocycles. The number of nitrogens with one attached hydrogen (secondary N) is 1. The van der Waals surface area contributed by atoms with E-state index in [9.17, 15) is 0 Å². The van der Waals surface area contributed by atoms with Crippen LogP contribution < -0.4 is 4.65 Å². The van der Waals surface area contributed by atoms with Crippen molar-refractivity contribution in [3.05, 3.63) is 0 Å². The van der Waals surface area contributed by atoms with E-state index in [2.05, 4.69) is 30.8 Å². The monoisotopic (exact) mass is 735 g/mol. The summed E-state index contributed by atoms with van der Waals surface area (Å²) in [5.41, 5.74) is 0. The van der Waals surface area contributed by atoms with Crippen molar-refractivity contribution >= 4 is 34.1 Å². The summed E-state index contributed by atoms with van der Waals surface area (Å²) < 4.78 is 51.5. The van der Waals surface area contributed by atoms with Crippen molar-refractivity contribution in [2.24, 2.45) is 23.7 Å². The fourth-order valence-electron chi connectivity index (χ4n) is 11.4. The van der Waals surface area contributed by atoms with Crippen LogP contribution in [0.25, 0.3) is 0 Å². The van der Waals surface area contributed by atoms with E-state index in [1.54, 1.807) is 0 Å². The summed E-state index contributed by atoms with van der Waals surface area (Å²) in [5, 5.41) is 0. The van der Waals surface area contributed by atoms with Crippen LogP contribution in [0.4, 0.5) is 0 Å². The minimum Gasteiger partial charge on any atom is -0.424 e. The first-order chi connectivity index (χ1) is 23.0. The number of ether oxygens (including phenoxy) is 4. The molecule has 5 heterocycles. The predicted molar refractivity (Wildman–Crippen MR) is 195 cm³/mol. The van der Waals surface area contributed by atoms with Gasteiger partial charge in [0.2, 0.25) is 0 Å². The Labute approximate surface area is 294 Å². The maximum atomic E-state index is 7.78. The zero-order chi connectivity index (χ0) is 32.7. The molecule has 9 aliphatic rings. The molecule has 9 fully saturated rings. The van der Waals surface area contributed by atoms with Crippen LogP contribution in [0.2, 0.25) is 50.4 Å². The van der Waals surface area contributed by atoms with Gasteiger partial charge < -0.3 is 35.9 Å². The van der Waals surface area contributed by atoms with Crippen molar-refractivity contribution in [2.45, 2.75) is 202 Å². The first kappa shape index (κ1) is 34.3. The van der Waals surface area contributed by atoms with Crippen LogP contribution in [-0.4, -0.2) is 82.9 Å². The Balaban J connectivity index is 0.939. The van der Waals surface area contributed by atoms with Crippen molar-refractivity contribution < 1.29 is 31.3 Å². The third-order valence-corrected chi connectivity index (χ3v) is 34.0. The van der Waals surface area contributed by atoms with Gasteiger partial charge in [-0.1, -0.05) is 0 Å². The fourth-order valence-corrected chi connectivity index (χ4v) is 36.8. The van der Waals surface area contributed by atoms with Crippen LogP contribution >= 0.6 is 0 Å². The van der Waals surface area contributed by atoms with Gasteiger partial charge in [-0.15, -0.1) is 0 Å². The molecule has 48 heavy (non-hydrogen) atoms. The number of hydrogen-bond donors (Lipinski definition) is 1. The van der Waals surface area contributed by atoms with Gasteiger partial charge >= 0.3 is 17.1 Å². The molecule has 0 aromatic heterocycles. The molecule has 12 heteroatoms. The first-order valence-corrected chi connectivity index (χ1v) is 30.8. The second kappa shape index (κ2) is 13.1. The molecule has 272 valence electrons. The van der Waals surface area contributed by atoms with E-state index in [0.29, 0.717) is 48.8 Å². The van der Waals surface area contributed by atoms with Gasteiger partial charge in [0.05, 0.1) is 48.8 Å². The molecular formula is C36H65NO7Si4. The molecule has 0 aromatic rings. The van der Waals surface area contributed by atoms with Crippen LogP contribution in [0.1, 0.15) is 103 Å². The highest BCUT2D eigenvalue weighted by atomic mass is 28.5. The standard InChI is InChI=1S/C36H65NO7Si4/c1-45(17-13-25-5-9-29-33(21-25)38-29)37-46(2,18-14-26-6-10-30-34(22-26)39-30)43-48(4,20-16-28-8-12-32-36(24-28)41-32)44-47(3,42-45)19-15-27-7-11-31-35(23-27)40-31/h25-37H,5-24H2,1-4H3. The van der Waals surface area contributed by atoms with Crippen LogP contribution in [0, 0.1) is 23.7 Å². The zero-order valence-corrected chi connectivity index (χ0v) is 34.4. The van der Waals surface area contributed by atoms with Crippen LogP contribution in [-0.2, 0) is 31.3 Å². The van der Waals surface area contributed by atoms with Gasteiger partial charge in [0, 0.05) is 0 Å². The van der Waals surface area contributed by atoms with Gasteiger partial charge in [0.1, 0.15) is 0 Å². The van der Waals surface area contributed by atoms with Gasteiger partial charge in [-0.05, 0) is 177 Å². The lowest BCUT2D eigenvalue weighted by Gasteiger charge is -2.52. The Morgan fingerprint density at radius 3 is 1.02 bits per heavy atom. The smallest absolute Gasteiger partial charge is 0.316 e. The summed E-state index contributed by atoms with van der Waals surface area (Å²) in [6, 6.07) is 4.52. The Morgan fingerprint density at radius 2 is 0.708 bits per heavy atom. The van der Waals surface area contributed by atoms with Crippen molar-refractivity contribution in [1.29, 1.82) is 0 Å².